The number of nitrogens with two attached hydrogens (primary N) is 4. The van der Waals surface area contributed by atoms with Crippen LogP contribution in [-0.2, 0) is 32.0 Å². The lowest BCUT2D eigenvalue weighted by atomic mass is 10.0. The molecule has 14 nitrogen and oxygen atoms in total. The van der Waals surface area contributed by atoms with Gasteiger partial charge in [-0.1, -0.05) is 30.3 Å². The summed E-state index contributed by atoms with van der Waals surface area (Å²) in [6.45, 7) is 2.51. The number of fused-ring (bicyclic) bond motifs is 1. The van der Waals surface area contributed by atoms with E-state index in [-0.39, 0.29) is 31.1 Å². The summed E-state index contributed by atoms with van der Waals surface area (Å²) in [5, 5.41) is 21.4. The van der Waals surface area contributed by atoms with Crippen molar-refractivity contribution in [2.75, 3.05) is 18.4 Å². The van der Waals surface area contributed by atoms with Gasteiger partial charge in [-0.05, 0) is 68.3 Å². The summed E-state index contributed by atoms with van der Waals surface area (Å²) in [5.41, 5.74) is 25.2. The Balaban J connectivity index is 1.78. The van der Waals surface area contributed by atoms with Crippen LogP contribution in [0.5, 0.6) is 5.75 Å². The summed E-state index contributed by atoms with van der Waals surface area (Å²) < 4.78 is 0. The van der Waals surface area contributed by atoms with Gasteiger partial charge in [0.25, 0.3) is 0 Å². The maximum Gasteiger partial charge on any atom is 0.243 e. The number of primary amides is 1. The molecule has 0 saturated carbocycles. The summed E-state index contributed by atoms with van der Waals surface area (Å²) in [5.74, 6) is -2.31. The van der Waals surface area contributed by atoms with Gasteiger partial charge in [-0.15, -0.1) is 0 Å². The van der Waals surface area contributed by atoms with Gasteiger partial charge in [0, 0.05) is 31.1 Å². The van der Waals surface area contributed by atoms with E-state index in [2.05, 4.69) is 26.3 Å². The number of carbonyl (C=O) groups is 4. The van der Waals surface area contributed by atoms with Gasteiger partial charge in [0.15, 0.2) is 5.96 Å². The summed E-state index contributed by atoms with van der Waals surface area (Å²) >= 11 is 0. The SMILES string of the molecule is Cc1cc(O)cc2c1C[C@@H](C(=O)N[C@H](CCCN=C(N)N)C(=O)N[C@@H](Cc1ccccc1)C(=O)N[C@@H](CCCCN)C(N)=O)N2. The Kier molecular flexibility index (Phi) is 13.0. The van der Waals surface area contributed by atoms with Gasteiger partial charge in [0.1, 0.15) is 29.9 Å². The molecule has 13 N–H and O–H groups in total. The zero-order valence-corrected chi connectivity index (χ0v) is 25.6. The molecular weight excluding hydrogens is 578 g/mol. The molecule has 0 aromatic heterocycles. The average molecular weight is 624 g/mol. The minimum atomic E-state index is -1.08. The molecule has 4 amide bonds. The number of aliphatic imine (C=N–C) groups is 1. The lowest BCUT2D eigenvalue weighted by molar-refractivity contribution is -0.133. The number of phenols is 1. The van der Waals surface area contributed by atoms with Crippen LogP contribution < -0.4 is 44.2 Å². The Bertz CT molecular complexity index is 1360. The van der Waals surface area contributed by atoms with Gasteiger partial charge in [0.2, 0.25) is 23.6 Å². The van der Waals surface area contributed by atoms with Crippen LogP contribution in [-0.4, -0.2) is 72.0 Å². The third kappa shape index (κ3) is 10.7. The van der Waals surface area contributed by atoms with Crippen LogP contribution in [0.15, 0.2) is 47.5 Å². The first-order valence-electron chi connectivity index (χ1n) is 15.1. The molecule has 0 fully saturated rings. The van der Waals surface area contributed by atoms with E-state index in [0.717, 1.165) is 16.7 Å². The molecule has 0 aliphatic carbocycles. The molecule has 2 aromatic carbocycles. The number of carbonyl (C=O) groups excluding carboxylic acids is 4. The van der Waals surface area contributed by atoms with Crippen molar-refractivity contribution >= 4 is 35.3 Å². The molecule has 0 unspecified atom stereocenters. The molecule has 2 aromatic rings. The van der Waals surface area contributed by atoms with Crippen molar-refractivity contribution in [2.45, 2.75) is 76.0 Å². The quantitative estimate of drug-likeness (QED) is 0.0619. The minimum Gasteiger partial charge on any atom is -0.508 e. The molecule has 4 atom stereocenters. The fraction of sp³-hybridized carbons (Fsp3) is 0.452. The first-order valence-corrected chi connectivity index (χ1v) is 15.1. The highest BCUT2D eigenvalue weighted by atomic mass is 16.3. The van der Waals surface area contributed by atoms with Crippen LogP contribution in [0.25, 0.3) is 0 Å². The number of nitrogens with zero attached hydrogens (tertiary/aromatic N) is 1. The van der Waals surface area contributed by atoms with Crippen molar-refractivity contribution in [3.8, 4) is 5.75 Å². The summed E-state index contributed by atoms with van der Waals surface area (Å²) in [4.78, 5) is 56.7. The van der Waals surface area contributed by atoms with E-state index < -0.39 is 47.8 Å². The molecule has 14 heteroatoms. The van der Waals surface area contributed by atoms with Gasteiger partial charge < -0.3 is 49.3 Å². The molecule has 1 aliphatic heterocycles. The minimum absolute atomic E-state index is 0.0810. The number of amides is 4. The number of anilines is 1. The number of unbranched alkanes of at least 4 members (excludes halogenated alkanes) is 1. The second-order valence-corrected chi connectivity index (χ2v) is 11.2. The van der Waals surface area contributed by atoms with E-state index >= 15 is 0 Å². The largest absolute Gasteiger partial charge is 0.508 e. The average Bonchev–Trinajstić information content (AvgIpc) is 3.43. The second-order valence-electron chi connectivity index (χ2n) is 11.2. The molecule has 0 bridgehead atoms. The number of hydrogen-bond acceptors (Lipinski definition) is 8. The molecule has 45 heavy (non-hydrogen) atoms. The zero-order valence-electron chi connectivity index (χ0n) is 25.6. The predicted octanol–water partition coefficient (Wildman–Crippen LogP) is -0.598. The van der Waals surface area contributed by atoms with Crippen molar-refractivity contribution < 1.29 is 24.3 Å². The number of phenolic OH excluding ortho intramolecular Hbond substituents is 1. The second kappa shape index (κ2) is 16.9. The first kappa shape index (κ1) is 34.6. The van der Waals surface area contributed by atoms with E-state index in [4.69, 9.17) is 22.9 Å². The third-order valence-electron chi connectivity index (χ3n) is 7.61. The lowest BCUT2D eigenvalue weighted by Gasteiger charge is -2.25. The smallest absolute Gasteiger partial charge is 0.243 e. The third-order valence-corrected chi connectivity index (χ3v) is 7.61. The Morgan fingerprint density at radius 1 is 0.933 bits per heavy atom. The number of aromatic hydroxyl groups is 1. The molecule has 0 saturated heterocycles. The van der Waals surface area contributed by atoms with E-state index in [1.807, 2.05) is 37.3 Å². The molecule has 3 rings (SSSR count). The van der Waals surface area contributed by atoms with Crippen molar-refractivity contribution in [2.24, 2.45) is 27.9 Å². The van der Waals surface area contributed by atoms with Crippen LogP contribution in [0, 0.1) is 6.92 Å². The van der Waals surface area contributed by atoms with Gasteiger partial charge >= 0.3 is 0 Å². The highest BCUT2D eigenvalue weighted by Crippen LogP contribution is 2.32. The highest BCUT2D eigenvalue weighted by molar-refractivity contribution is 5.95. The zero-order chi connectivity index (χ0) is 32.9. The molecule has 1 aliphatic rings. The topological polar surface area (TPSA) is 253 Å². The monoisotopic (exact) mass is 623 g/mol. The van der Waals surface area contributed by atoms with E-state index in [1.54, 1.807) is 12.1 Å². The number of aryl methyl sites for hydroxylation is 1. The van der Waals surface area contributed by atoms with Crippen molar-refractivity contribution in [1.82, 2.24) is 16.0 Å². The van der Waals surface area contributed by atoms with Crippen molar-refractivity contribution in [1.29, 1.82) is 0 Å². The summed E-state index contributed by atoms with van der Waals surface area (Å²) in [6.07, 6.45) is 2.59. The fourth-order valence-electron chi connectivity index (χ4n) is 5.23. The number of rotatable bonds is 17. The molecule has 0 spiro atoms. The Morgan fingerprint density at radius 3 is 2.27 bits per heavy atom. The summed E-state index contributed by atoms with van der Waals surface area (Å²) in [7, 11) is 0. The first-order chi connectivity index (χ1) is 21.5. The predicted molar refractivity (Wildman–Crippen MR) is 172 cm³/mol. The fourth-order valence-corrected chi connectivity index (χ4v) is 5.23. The number of nitrogens with one attached hydrogen (secondary N) is 4. The number of hydrogen-bond donors (Lipinski definition) is 9. The molecule has 0 radical (unpaired) electrons. The van der Waals surface area contributed by atoms with Gasteiger partial charge in [-0.2, -0.15) is 0 Å². The van der Waals surface area contributed by atoms with Gasteiger partial charge in [0.05, 0.1) is 0 Å². The van der Waals surface area contributed by atoms with Crippen LogP contribution in [0.4, 0.5) is 5.69 Å². The Hall–Kier alpha value is -4.85. The Morgan fingerprint density at radius 2 is 1.60 bits per heavy atom. The van der Waals surface area contributed by atoms with Crippen molar-refractivity contribution in [3.05, 3.63) is 59.2 Å². The number of guanidine groups is 1. The maximum absolute atomic E-state index is 13.7. The van der Waals surface area contributed by atoms with Gasteiger partial charge in [-0.3, -0.25) is 24.2 Å². The maximum atomic E-state index is 13.7. The molecule has 1 heterocycles. The van der Waals surface area contributed by atoms with Crippen molar-refractivity contribution in [3.63, 3.8) is 0 Å². The van der Waals surface area contributed by atoms with Crippen LogP contribution in [0.1, 0.15) is 48.8 Å². The lowest BCUT2D eigenvalue weighted by Crippen LogP contribution is -2.57. The molecular formula is C31H45N9O5. The summed E-state index contributed by atoms with van der Waals surface area (Å²) in [6, 6.07) is 8.54. The van der Waals surface area contributed by atoms with E-state index in [9.17, 15) is 24.3 Å². The molecule has 244 valence electrons. The van der Waals surface area contributed by atoms with E-state index in [1.165, 1.54) is 0 Å². The Labute approximate surface area is 262 Å². The number of benzene rings is 2. The van der Waals surface area contributed by atoms with Crippen LogP contribution in [0.3, 0.4) is 0 Å². The van der Waals surface area contributed by atoms with Crippen LogP contribution in [0.2, 0.25) is 0 Å². The van der Waals surface area contributed by atoms with E-state index in [0.29, 0.717) is 44.3 Å². The standard InChI is InChI=1S/C31H45N9O5/c1-18-14-20(41)16-24-21(18)17-26(37-24)30(45)39-23(11-7-13-36-31(34)35)28(43)40-25(15-19-8-3-2-4-9-19)29(44)38-22(27(33)42)10-5-6-12-32/h2-4,8-9,14,16,22-23,25-26,37,41H,5-7,10-13,15,17,32H2,1H3,(H2,33,42)(H,38,44)(H,39,45)(H,40,43)(H4,34,35,36)/t22-,23+,25-,26-/m0/s1. The normalized spacial score (nSPS) is 15.5. The van der Waals surface area contributed by atoms with Gasteiger partial charge in [-0.25, -0.2) is 0 Å². The van der Waals surface area contributed by atoms with Crippen LogP contribution >= 0.6 is 0 Å². The highest BCUT2D eigenvalue weighted by Gasteiger charge is 2.33.